The van der Waals surface area contributed by atoms with Crippen molar-refractivity contribution in [3.05, 3.63) is 111 Å². The van der Waals surface area contributed by atoms with Gasteiger partial charge in [0.25, 0.3) is 11.5 Å². The van der Waals surface area contributed by atoms with Gasteiger partial charge in [0, 0.05) is 11.1 Å². The van der Waals surface area contributed by atoms with Crippen molar-refractivity contribution in [2.45, 2.75) is 29.8 Å². The first-order valence-electron chi connectivity index (χ1n) is 11.0. The number of rotatable bonds is 5. The molecule has 2 aromatic heterocycles. The minimum Gasteiger partial charge on any atom is -0.286 e. The van der Waals surface area contributed by atoms with Crippen molar-refractivity contribution >= 4 is 57.7 Å². The minimum atomic E-state index is -0.224. The molecule has 0 N–H and O–H groups in total. The molecule has 0 aliphatic carbocycles. The Kier molecular flexibility index (Phi) is 6.60. The highest BCUT2D eigenvalue weighted by molar-refractivity contribution is 8.26. The summed E-state index contributed by atoms with van der Waals surface area (Å²) in [6.45, 7) is 3.88. The Hall–Kier alpha value is -3.20. The lowest BCUT2D eigenvalue weighted by Gasteiger charge is -2.23. The van der Waals surface area contributed by atoms with E-state index in [9.17, 15) is 9.59 Å². The number of thioether (sulfide) groups is 1. The second kappa shape index (κ2) is 9.81. The van der Waals surface area contributed by atoms with E-state index in [-0.39, 0.29) is 17.5 Å². The predicted octanol–water partition coefficient (Wildman–Crippen LogP) is 6.12. The molecule has 0 bridgehead atoms. The average Bonchev–Trinajstić information content (AvgIpc) is 3.15. The summed E-state index contributed by atoms with van der Waals surface area (Å²) in [4.78, 5) is 34.9. The molecule has 174 valence electrons. The van der Waals surface area contributed by atoms with Gasteiger partial charge >= 0.3 is 0 Å². The summed E-state index contributed by atoms with van der Waals surface area (Å²) in [5.41, 5.74) is 2.63. The molecule has 1 atom stereocenters. The molecule has 3 heterocycles. The highest BCUT2D eigenvalue weighted by atomic mass is 32.2. The first-order chi connectivity index (χ1) is 16.9. The highest BCUT2D eigenvalue weighted by Gasteiger charge is 2.36. The van der Waals surface area contributed by atoms with Crippen LogP contribution in [0, 0.1) is 6.92 Å². The Morgan fingerprint density at radius 1 is 1.00 bits per heavy atom. The van der Waals surface area contributed by atoms with Gasteiger partial charge in [-0.15, -0.1) is 0 Å². The standard InChI is InChI=1S/C27H21N3O2S3/c1-17-10-9-15-29-23(17)28-24(34-20-13-7-4-8-14-20)21(25(29)31)16-22-26(32)30(27(33)35-22)18(2)19-11-5-3-6-12-19/h3-16,18H,1-2H3/b22-16-/t18-/m0/s1. The molecule has 5 rings (SSSR count). The van der Waals surface area contributed by atoms with Crippen LogP contribution in [0.25, 0.3) is 11.7 Å². The van der Waals surface area contributed by atoms with Crippen molar-refractivity contribution in [2.75, 3.05) is 0 Å². The Balaban J connectivity index is 1.61. The zero-order valence-corrected chi connectivity index (χ0v) is 21.5. The number of nitrogens with zero attached hydrogens (tertiary/aromatic N) is 3. The molecule has 8 heteroatoms. The molecule has 1 fully saturated rings. The molecule has 1 amide bonds. The summed E-state index contributed by atoms with van der Waals surface area (Å²) in [5.74, 6) is -0.208. The van der Waals surface area contributed by atoms with Crippen LogP contribution in [0.15, 0.2) is 98.6 Å². The fourth-order valence-electron chi connectivity index (χ4n) is 3.92. The third-order valence-corrected chi connectivity index (χ3v) is 8.12. The van der Waals surface area contributed by atoms with Gasteiger partial charge < -0.3 is 0 Å². The quantitative estimate of drug-likeness (QED) is 0.181. The second-order valence-electron chi connectivity index (χ2n) is 8.07. The molecule has 5 nitrogen and oxygen atoms in total. The van der Waals surface area contributed by atoms with Crippen LogP contribution in [-0.4, -0.2) is 24.5 Å². The van der Waals surface area contributed by atoms with Gasteiger partial charge in [0.15, 0.2) is 0 Å². The van der Waals surface area contributed by atoms with E-state index in [0.717, 1.165) is 16.0 Å². The fourth-order valence-corrected chi connectivity index (χ4v) is 6.22. The van der Waals surface area contributed by atoms with E-state index in [1.807, 2.05) is 86.6 Å². The third-order valence-electron chi connectivity index (χ3n) is 5.78. The van der Waals surface area contributed by atoms with E-state index in [2.05, 4.69) is 0 Å². The van der Waals surface area contributed by atoms with E-state index in [1.54, 1.807) is 17.2 Å². The molecule has 35 heavy (non-hydrogen) atoms. The number of pyridine rings is 1. The number of hydrogen-bond acceptors (Lipinski definition) is 6. The van der Waals surface area contributed by atoms with Gasteiger partial charge in [-0.05, 0) is 49.2 Å². The highest BCUT2D eigenvalue weighted by Crippen LogP contribution is 2.39. The lowest BCUT2D eigenvalue weighted by atomic mass is 10.1. The van der Waals surface area contributed by atoms with Crippen molar-refractivity contribution < 1.29 is 4.79 Å². The average molecular weight is 516 g/mol. The minimum absolute atomic E-state index is 0.208. The molecular formula is C27H21N3O2S3. The molecule has 1 aliphatic rings. The lowest BCUT2D eigenvalue weighted by Crippen LogP contribution is -2.31. The van der Waals surface area contributed by atoms with Crippen LogP contribution in [0.4, 0.5) is 0 Å². The van der Waals surface area contributed by atoms with Gasteiger partial charge in [0.2, 0.25) is 0 Å². The van der Waals surface area contributed by atoms with Crippen LogP contribution in [0.3, 0.4) is 0 Å². The number of aromatic nitrogens is 2. The Labute approximate surface area is 216 Å². The van der Waals surface area contributed by atoms with Crippen molar-refractivity contribution in [1.82, 2.24) is 14.3 Å². The molecule has 4 aromatic rings. The number of thiocarbonyl (C=S) groups is 1. The maximum absolute atomic E-state index is 13.6. The van der Waals surface area contributed by atoms with Crippen LogP contribution >= 0.6 is 35.7 Å². The van der Waals surface area contributed by atoms with Crippen LogP contribution in [0.2, 0.25) is 0 Å². The van der Waals surface area contributed by atoms with E-state index >= 15 is 0 Å². The van der Waals surface area contributed by atoms with Gasteiger partial charge in [0.05, 0.1) is 16.5 Å². The number of hydrogen-bond donors (Lipinski definition) is 0. The molecule has 0 saturated carbocycles. The van der Waals surface area contributed by atoms with E-state index in [4.69, 9.17) is 17.2 Å². The maximum atomic E-state index is 13.6. The topological polar surface area (TPSA) is 54.7 Å². The van der Waals surface area contributed by atoms with Crippen molar-refractivity contribution in [2.24, 2.45) is 0 Å². The zero-order valence-electron chi connectivity index (χ0n) is 19.0. The number of carbonyl (C=O) groups excluding carboxylic acids is 1. The largest absolute Gasteiger partial charge is 0.286 e. The van der Waals surface area contributed by atoms with Crippen LogP contribution in [0.1, 0.15) is 29.7 Å². The first kappa shape index (κ1) is 23.5. The van der Waals surface area contributed by atoms with Crippen LogP contribution in [0.5, 0.6) is 0 Å². The summed E-state index contributed by atoms with van der Waals surface area (Å²) < 4.78 is 2.00. The first-order valence-corrected chi connectivity index (χ1v) is 13.0. The lowest BCUT2D eigenvalue weighted by molar-refractivity contribution is -0.123. The predicted molar refractivity (Wildman–Crippen MR) is 147 cm³/mol. The molecule has 0 radical (unpaired) electrons. The Morgan fingerprint density at radius 3 is 2.40 bits per heavy atom. The van der Waals surface area contributed by atoms with Crippen molar-refractivity contribution in [1.29, 1.82) is 0 Å². The molecule has 2 aromatic carbocycles. The Morgan fingerprint density at radius 2 is 1.69 bits per heavy atom. The van der Waals surface area contributed by atoms with Crippen molar-refractivity contribution in [3.63, 3.8) is 0 Å². The Bertz CT molecular complexity index is 1530. The normalized spacial score (nSPS) is 15.8. The number of fused-ring (bicyclic) bond motifs is 1. The van der Waals surface area contributed by atoms with Crippen LogP contribution in [-0.2, 0) is 4.79 Å². The van der Waals surface area contributed by atoms with Gasteiger partial charge in [-0.3, -0.25) is 18.9 Å². The number of benzene rings is 2. The SMILES string of the molecule is Cc1cccn2c(=O)c(/C=C3\SC(=S)N([C@@H](C)c4ccccc4)C3=O)c(Sc3ccccc3)nc12. The summed E-state index contributed by atoms with van der Waals surface area (Å²) in [6.07, 6.45) is 3.35. The van der Waals surface area contributed by atoms with E-state index in [0.29, 0.717) is 25.5 Å². The summed E-state index contributed by atoms with van der Waals surface area (Å²) >= 11 is 8.20. The third kappa shape index (κ3) is 4.57. The molecule has 0 spiro atoms. The second-order valence-corrected chi connectivity index (χ2v) is 10.8. The van der Waals surface area contributed by atoms with E-state index in [1.165, 1.54) is 27.9 Å². The summed E-state index contributed by atoms with van der Waals surface area (Å²) in [7, 11) is 0. The van der Waals surface area contributed by atoms with Crippen molar-refractivity contribution in [3.8, 4) is 0 Å². The summed E-state index contributed by atoms with van der Waals surface area (Å²) in [6, 6.07) is 23.1. The van der Waals surface area contributed by atoms with Gasteiger partial charge in [0.1, 0.15) is 15.0 Å². The smallest absolute Gasteiger partial charge is 0.266 e. The van der Waals surface area contributed by atoms with Gasteiger partial charge in [-0.1, -0.05) is 90.3 Å². The molecular weight excluding hydrogens is 495 g/mol. The van der Waals surface area contributed by atoms with E-state index < -0.39 is 0 Å². The molecule has 1 saturated heterocycles. The molecule has 1 aliphatic heterocycles. The van der Waals surface area contributed by atoms with Gasteiger partial charge in [-0.2, -0.15) is 0 Å². The molecule has 0 unspecified atom stereocenters. The number of amides is 1. The van der Waals surface area contributed by atoms with Gasteiger partial charge in [-0.25, -0.2) is 4.98 Å². The monoisotopic (exact) mass is 515 g/mol. The fraction of sp³-hybridized carbons (Fsp3) is 0.111. The zero-order chi connectivity index (χ0) is 24.5. The summed E-state index contributed by atoms with van der Waals surface area (Å²) in [5, 5.41) is 0.553. The van der Waals surface area contributed by atoms with Crippen LogP contribution < -0.4 is 5.56 Å². The number of carbonyl (C=O) groups is 1. The maximum Gasteiger partial charge on any atom is 0.266 e. The number of aryl methyl sites for hydroxylation is 1.